The normalized spacial score (nSPS) is 11.3. The van der Waals surface area contributed by atoms with Crippen molar-refractivity contribution < 1.29 is 22.0 Å². The molecule has 0 atom stereocenters. The molecule has 0 spiro atoms. The Balaban J connectivity index is 1.69. The number of benzene rings is 2. The van der Waals surface area contributed by atoms with Crippen LogP contribution in [0.4, 0.5) is 10.1 Å². The van der Waals surface area contributed by atoms with E-state index in [1.807, 2.05) is 0 Å². The second-order valence-corrected chi connectivity index (χ2v) is 7.24. The minimum Gasteiger partial charge on any atom is -0.451 e. The van der Waals surface area contributed by atoms with Crippen LogP contribution in [0.25, 0.3) is 11.3 Å². The van der Waals surface area contributed by atoms with Crippen molar-refractivity contribution in [3.8, 4) is 11.3 Å². The lowest BCUT2D eigenvalue weighted by Gasteiger charge is -2.05. The molecule has 1 heterocycles. The Morgan fingerprint density at radius 3 is 2.27 bits per heavy atom. The van der Waals surface area contributed by atoms with Gasteiger partial charge in [0.2, 0.25) is 10.0 Å². The van der Waals surface area contributed by atoms with Gasteiger partial charge in [-0.1, -0.05) is 12.1 Å². The predicted octanol–water partition coefficient (Wildman–Crippen LogP) is 3.13. The fourth-order valence-corrected chi connectivity index (χ4v) is 3.00. The molecule has 0 saturated carbocycles. The van der Waals surface area contributed by atoms with Crippen molar-refractivity contribution in [3.63, 3.8) is 0 Å². The highest BCUT2D eigenvalue weighted by atomic mass is 32.2. The van der Waals surface area contributed by atoms with Gasteiger partial charge in [-0.15, -0.1) is 0 Å². The molecule has 0 aliphatic rings. The van der Waals surface area contributed by atoms with Gasteiger partial charge in [0.05, 0.1) is 5.75 Å². The van der Waals surface area contributed by atoms with Crippen LogP contribution in [0.15, 0.2) is 65.1 Å². The van der Waals surface area contributed by atoms with E-state index in [9.17, 15) is 17.6 Å². The maximum atomic E-state index is 13.0. The van der Waals surface area contributed by atoms with Gasteiger partial charge >= 0.3 is 0 Å². The van der Waals surface area contributed by atoms with Crippen molar-refractivity contribution in [1.82, 2.24) is 0 Å². The summed E-state index contributed by atoms with van der Waals surface area (Å²) >= 11 is 0. The number of carbonyl (C=O) groups excluding carboxylic acids is 1. The minimum absolute atomic E-state index is 0.0953. The van der Waals surface area contributed by atoms with E-state index in [1.54, 1.807) is 42.5 Å². The van der Waals surface area contributed by atoms with E-state index in [0.29, 0.717) is 22.6 Å². The van der Waals surface area contributed by atoms with E-state index in [1.165, 1.54) is 18.2 Å². The molecule has 0 saturated heterocycles. The zero-order valence-corrected chi connectivity index (χ0v) is 14.3. The van der Waals surface area contributed by atoms with Crippen molar-refractivity contribution in [1.29, 1.82) is 0 Å². The third-order valence-corrected chi connectivity index (χ3v) is 4.27. The zero-order chi connectivity index (χ0) is 18.7. The number of carbonyl (C=O) groups is 1. The third-order valence-electron chi connectivity index (χ3n) is 3.54. The molecule has 2 aromatic carbocycles. The Morgan fingerprint density at radius 2 is 1.65 bits per heavy atom. The molecule has 3 aromatic rings. The zero-order valence-electron chi connectivity index (χ0n) is 13.5. The molecule has 1 amide bonds. The largest absolute Gasteiger partial charge is 0.451 e. The molecule has 3 rings (SSSR count). The molecule has 0 bridgehead atoms. The van der Waals surface area contributed by atoms with Crippen molar-refractivity contribution >= 4 is 21.6 Å². The number of anilines is 1. The predicted molar refractivity (Wildman–Crippen MR) is 95.3 cm³/mol. The second-order valence-electron chi connectivity index (χ2n) is 5.63. The topological polar surface area (TPSA) is 102 Å². The first-order chi connectivity index (χ1) is 12.3. The number of nitrogens with two attached hydrogens (primary N) is 1. The van der Waals surface area contributed by atoms with Crippen LogP contribution in [0.3, 0.4) is 0 Å². The van der Waals surface area contributed by atoms with Gasteiger partial charge in [0.1, 0.15) is 11.6 Å². The Kier molecular flexibility index (Phi) is 4.88. The molecule has 134 valence electrons. The third kappa shape index (κ3) is 4.56. The molecule has 0 aliphatic heterocycles. The van der Waals surface area contributed by atoms with Gasteiger partial charge in [-0.25, -0.2) is 17.9 Å². The highest BCUT2D eigenvalue weighted by molar-refractivity contribution is 7.88. The molecule has 1 aromatic heterocycles. The molecule has 3 N–H and O–H groups in total. The van der Waals surface area contributed by atoms with E-state index in [2.05, 4.69) is 5.32 Å². The summed E-state index contributed by atoms with van der Waals surface area (Å²) in [6, 6.07) is 15.1. The summed E-state index contributed by atoms with van der Waals surface area (Å²) in [7, 11) is -3.61. The van der Waals surface area contributed by atoms with Crippen LogP contribution >= 0.6 is 0 Å². The number of amides is 1. The number of halogens is 1. The van der Waals surface area contributed by atoms with Gasteiger partial charge in [0.15, 0.2) is 5.76 Å². The summed E-state index contributed by atoms with van der Waals surface area (Å²) in [6.07, 6.45) is 0. The first-order valence-electron chi connectivity index (χ1n) is 7.57. The molecule has 0 unspecified atom stereocenters. The highest BCUT2D eigenvalue weighted by Crippen LogP contribution is 2.23. The van der Waals surface area contributed by atoms with Crippen molar-refractivity contribution in [2.24, 2.45) is 5.14 Å². The quantitative estimate of drug-likeness (QED) is 0.716. The lowest BCUT2D eigenvalue weighted by atomic mass is 10.2. The second kappa shape index (κ2) is 7.11. The van der Waals surface area contributed by atoms with Crippen molar-refractivity contribution in [3.05, 3.63) is 77.8 Å². The van der Waals surface area contributed by atoms with Gasteiger partial charge in [-0.05, 0) is 54.1 Å². The maximum absolute atomic E-state index is 13.0. The first-order valence-corrected chi connectivity index (χ1v) is 9.28. The molecule has 8 heteroatoms. The van der Waals surface area contributed by atoms with Crippen LogP contribution < -0.4 is 10.5 Å². The van der Waals surface area contributed by atoms with Crippen LogP contribution in [0.2, 0.25) is 0 Å². The summed E-state index contributed by atoms with van der Waals surface area (Å²) in [5, 5.41) is 7.64. The standard InChI is InChI=1S/C18H15FN2O4S/c19-14-5-3-13(4-6-14)16-9-10-17(25-16)18(22)21-15-7-1-12(2-8-15)11-26(20,23)24/h1-10H,11H2,(H,21,22)(H2,20,23,24). The SMILES string of the molecule is NS(=O)(=O)Cc1ccc(NC(=O)c2ccc(-c3ccc(F)cc3)o2)cc1. The summed E-state index contributed by atoms with van der Waals surface area (Å²) in [5.74, 6) is -0.557. The van der Waals surface area contributed by atoms with Gasteiger partial charge in [-0.3, -0.25) is 4.79 Å². The number of primary sulfonamides is 1. The summed E-state index contributed by atoms with van der Waals surface area (Å²) in [4.78, 5) is 12.2. The molecule has 6 nitrogen and oxygen atoms in total. The average Bonchev–Trinajstić information content (AvgIpc) is 3.06. The average molecular weight is 374 g/mol. The molecule has 0 aliphatic carbocycles. The smallest absolute Gasteiger partial charge is 0.291 e. The Hall–Kier alpha value is -2.97. The van der Waals surface area contributed by atoms with Crippen LogP contribution in [0.5, 0.6) is 0 Å². The van der Waals surface area contributed by atoms with Gasteiger partial charge in [-0.2, -0.15) is 0 Å². The van der Waals surface area contributed by atoms with Crippen molar-refractivity contribution in [2.75, 3.05) is 5.32 Å². The number of hydrogen-bond acceptors (Lipinski definition) is 4. The van der Waals surface area contributed by atoms with Gasteiger partial charge in [0.25, 0.3) is 5.91 Å². The van der Waals surface area contributed by atoms with Crippen LogP contribution in [0.1, 0.15) is 16.1 Å². The highest BCUT2D eigenvalue weighted by Gasteiger charge is 2.13. The minimum atomic E-state index is -3.61. The summed E-state index contributed by atoms with van der Waals surface area (Å²) in [6.45, 7) is 0. The van der Waals surface area contributed by atoms with Crippen LogP contribution in [0, 0.1) is 5.82 Å². The fraction of sp³-hybridized carbons (Fsp3) is 0.0556. The lowest BCUT2D eigenvalue weighted by molar-refractivity contribution is 0.0997. The van der Waals surface area contributed by atoms with Crippen LogP contribution in [-0.2, 0) is 15.8 Å². The molecular formula is C18H15FN2O4S. The number of hydrogen-bond donors (Lipinski definition) is 2. The molecular weight excluding hydrogens is 359 g/mol. The van der Waals surface area contributed by atoms with E-state index in [0.717, 1.165) is 0 Å². The fourth-order valence-electron chi connectivity index (χ4n) is 2.34. The monoisotopic (exact) mass is 374 g/mol. The number of sulfonamides is 1. The maximum Gasteiger partial charge on any atom is 0.291 e. The molecule has 26 heavy (non-hydrogen) atoms. The number of nitrogens with one attached hydrogen (secondary N) is 1. The first kappa shape index (κ1) is 17.8. The Morgan fingerprint density at radius 1 is 1.00 bits per heavy atom. The van der Waals surface area contributed by atoms with Crippen molar-refractivity contribution in [2.45, 2.75) is 5.75 Å². The molecule has 0 fully saturated rings. The van der Waals surface area contributed by atoms with E-state index in [4.69, 9.17) is 9.56 Å². The number of furan rings is 1. The Bertz CT molecular complexity index is 1030. The van der Waals surface area contributed by atoms with E-state index < -0.39 is 15.9 Å². The van der Waals surface area contributed by atoms with Gasteiger partial charge < -0.3 is 9.73 Å². The van der Waals surface area contributed by atoms with Gasteiger partial charge in [0, 0.05) is 11.3 Å². The number of rotatable bonds is 5. The summed E-state index contributed by atoms with van der Waals surface area (Å²) < 4.78 is 40.6. The molecule has 0 radical (unpaired) electrons. The van der Waals surface area contributed by atoms with E-state index >= 15 is 0 Å². The summed E-state index contributed by atoms with van der Waals surface area (Å²) in [5.41, 5.74) is 1.65. The van der Waals surface area contributed by atoms with E-state index in [-0.39, 0.29) is 17.3 Å². The lowest BCUT2D eigenvalue weighted by Crippen LogP contribution is -2.14. The Labute approximate surface area is 149 Å². The van der Waals surface area contributed by atoms with Crippen LogP contribution in [-0.4, -0.2) is 14.3 Å².